The van der Waals surface area contributed by atoms with Gasteiger partial charge in [-0.1, -0.05) is 17.7 Å². The third kappa shape index (κ3) is 2.03. The molecule has 0 saturated carbocycles. The van der Waals surface area contributed by atoms with Crippen LogP contribution in [0, 0.1) is 6.92 Å². The standard InChI is InChI=1S/C15H16N2O2/c1-10-5-7-12(8-6-10)17-14-11(9-16-17)3-2-4-13(14)15(18)19/h5-9,13H,2-4H2,1H3,(H,18,19). The molecule has 0 radical (unpaired) electrons. The molecule has 1 aliphatic rings. The zero-order chi connectivity index (χ0) is 13.4. The highest BCUT2D eigenvalue weighted by molar-refractivity contribution is 5.76. The lowest BCUT2D eigenvalue weighted by atomic mass is 9.88. The van der Waals surface area contributed by atoms with Crippen molar-refractivity contribution in [2.45, 2.75) is 32.1 Å². The van der Waals surface area contributed by atoms with Crippen LogP contribution in [0.15, 0.2) is 30.5 Å². The molecule has 4 nitrogen and oxygen atoms in total. The number of rotatable bonds is 2. The maximum absolute atomic E-state index is 11.4. The van der Waals surface area contributed by atoms with Gasteiger partial charge in [-0.05, 0) is 43.9 Å². The van der Waals surface area contributed by atoms with Gasteiger partial charge in [0.05, 0.1) is 23.5 Å². The zero-order valence-corrected chi connectivity index (χ0v) is 10.8. The van der Waals surface area contributed by atoms with E-state index in [2.05, 4.69) is 5.10 Å². The van der Waals surface area contributed by atoms with Crippen molar-refractivity contribution in [1.82, 2.24) is 9.78 Å². The number of nitrogens with zero attached hydrogens (tertiary/aromatic N) is 2. The maximum Gasteiger partial charge on any atom is 0.312 e. The van der Waals surface area contributed by atoms with Crippen LogP contribution in [0.5, 0.6) is 0 Å². The van der Waals surface area contributed by atoms with Crippen LogP contribution in [0.2, 0.25) is 0 Å². The van der Waals surface area contributed by atoms with Gasteiger partial charge in [-0.15, -0.1) is 0 Å². The first-order valence-corrected chi connectivity index (χ1v) is 6.53. The van der Waals surface area contributed by atoms with Crippen molar-refractivity contribution < 1.29 is 9.90 Å². The van der Waals surface area contributed by atoms with Gasteiger partial charge in [0.25, 0.3) is 0 Å². The summed E-state index contributed by atoms with van der Waals surface area (Å²) in [5.74, 6) is -1.19. The van der Waals surface area contributed by atoms with E-state index in [0.29, 0.717) is 6.42 Å². The fourth-order valence-electron chi connectivity index (χ4n) is 2.72. The first-order valence-electron chi connectivity index (χ1n) is 6.53. The van der Waals surface area contributed by atoms with Gasteiger partial charge in [0, 0.05) is 0 Å². The molecule has 1 heterocycles. The molecule has 0 fully saturated rings. The Bertz CT molecular complexity index is 614. The second-order valence-electron chi connectivity index (χ2n) is 5.09. The largest absolute Gasteiger partial charge is 0.481 e. The van der Waals surface area contributed by atoms with E-state index in [1.807, 2.05) is 37.4 Å². The maximum atomic E-state index is 11.4. The molecule has 1 aliphatic carbocycles. The fourth-order valence-corrected chi connectivity index (χ4v) is 2.72. The van der Waals surface area contributed by atoms with Crippen molar-refractivity contribution in [3.05, 3.63) is 47.3 Å². The zero-order valence-electron chi connectivity index (χ0n) is 10.8. The Morgan fingerprint density at radius 3 is 2.79 bits per heavy atom. The molecule has 0 bridgehead atoms. The van der Waals surface area contributed by atoms with Crippen LogP contribution in [0.4, 0.5) is 0 Å². The van der Waals surface area contributed by atoms with Crippen LogP contribution < -0.4 is 0 Å². The molecule has 1 atom stereocenters. The number of aryl methyl sites for hydroxylation is 2. The molecular weight excluding hydrogens is 240 g/mol. The second-order valence-corrected chi connectivity index (χ2v) is 5.09. The van der Waals surface area contributed by atoms with E-state index in [9.17, 15) is 9.90 Å². The number of aromatic nitrogens is 2. The van der Waals surface area contributed by atoms with Crippen LogP contribution in [0.1, 0.15) is 35.6 Å². The number of carboxylic acids is 1. The molecule has 1 aromatic carbocycles. The predicted octanol–water partition coefficient (Wildman–Crippen LogP) is 2.69. The Morgan fingerprint density at radius 2 is 2.11 bits per heavy atom. The molecule has 0 spiro atoms. The van der Waals surface area contributed by atoms with Gasteiger partial charge in [-0.3, -0.25) is 4.79 Å². The van der Waals surface area contributed by atoms with E-state index in [-0.39, 0.29) is 0 Å². The fraction of sp³-hybridized carbons (Fsp3) is 0.333. The van der Waals surface area contributed by atoms with Crippen molar-refractivity contribution in [2.24, 2.45) is 0 Å². The predicted molar refractivity (Wildman–Crippen MR) is 71.6 cm³/mol. The van der Waals surface area contributed by atoms with Gasteiger partial charge in [-0.25, -0.2) is 4.68 Å². The van der Waals surface area contributed by atoms with Crippen LogP contribution in [-0.2, 0) is 11.2 Å². The second kappa shape index (κ2) is 4.53. The lowest BCUT2D eigenvalue weighted by molar-refractivity contribution is -0.139. The average molecular weight is 256 g/mol. The SMILES string of the molecule is Cc1ccc(-n2ncc3c2C(C(=O)O)CCC3)cc1. The highest BCUT2D eigenvalue weighted by Crippen LogP contribution is 2.33. The number of fused-ring (bicyclic) bond motifs is 1. The summed E-state index contributed by atoms with van der Waals surface area (Å²) in [6.07, 6.45) is 4.35. The van der Waals surface area contributed by atoms with Gasteiger partial charge in [0.15, 0.2) is 0 Å². The molecule has 0 aliphatic heterocycles. The summed E-state index contributed by atoms with van der Waals surface area (Å²) in [6.45, 7) is 2.03. The Morgan fingerprint density at radius 1 is 1.37 bits per heavy atom. The van der Waals surface area contributed by atoms with Gasteiger partial charge in [-0.2, -0.15) is 5.10 Å². The summed E-state index contributed by atoms with van der Waals surface area (Å²) in [5, 5.41) is 13.8. The summed E-state index contributed by atoms with van der Waals surface area (Å²) in [4.78, 5) is 11.4. The minimum atomic E-state index is -0.755. The van der Waals surface area contributed by atoms with Gasteiger partial charge >= 0.3 is 5.97 Å². The quantitative estimate of drug-likeness (QED) is 0.898. The first kappa shape index (κ1) is 12.0. The lowest BCUT2D eigenvalue weighted by Gasteiger charge is -2.21. The van der Waals surface area contributed by atoms with Crippen molar-refractivity contribution in [2.75, 3.05) is 0 Å². The molecule has 19 heavy (non-hydrogen) atoms. The van der Waals surface area contributed by atoms with E-state index in [1.54, 1.807) is 4.68 Å². The Balaban J connectivity index is 2.11. The first-order chi connectivity index (χ1) is 9.16. The molecule has 4 heteroatoms. The third-order valence-electron chi connectivity index (χ3n) is 3.73. The number of benzene rings is 1. The normalized spacial score (nSPS) is 18.1. The van der Waals surface area contributed by atoms with Crippen LogP contribution in [0.25, 0.3) is 5.69 Å². The van der Waals surface area contributed by atoms with Gasteiger partial charge < -0.3 is 5.11 Å². The summed E-state index contributed by atoms with van der Waals surface area (Å²) < 4.78 is 1.78. The van der Waals surface area contributed by atoms with Gasteiger partial charge in [0.2, 0.25) is 0 Å². The molecule has 98 valence electrons. The average Bonchev–Trinajstić information content (AvgIpc) is 2.83. The van der Waals surface area contributed by atoms with Crippen LogP contribution in [0.3, 0.4) is 0 Å². The molecule has 0 saturated heterocycles. The molecule has 3 rings (SSSR count). The van der Waals surface area contributed by atoms with Gasteiger partial charge in [0.1, 0.15) is 0 Å². The molecular formula is C15H16N2O2. The molecule has 1 aromatic heterocycles. The number of hydrogen-bond acceptors (Lipinski definition) is 2. The number of carboxylic acid groups (broad SMARTS) is 1. The Hall–Kier alpha value is -2.10. The molecule has 0 amide bonds. The summed E-state index contributed by atoms with van der Waals surface area (Å²) in [5.41, 5.74) is 4.03. The molecule has 2 aromatic rings. The van der Waals surface area contributed by atoms with E-state index < -0.39 is 11.9 Å². The van der Waals surface area contributed by atoms with E-state index >= 15 is 0 Å². The van der Waals surface area contributed by atoms with E-state index in [0.717, 1.165) is 29.8 Å². The monoisotopic (exact) mass is 256 g/mol. The Kier molecular flexibility index (Phi) is 2.85. The highest BCUT2D eigenvalue weighted by Gasteiger charge is 2.30. The number of carbonyl (C=O) groups is 1. The van der Waals surface area contributed by atoms with Crippen molar-refractivity contribution in [1.29, 1.82) is 0 Å². The Labute approximate surface area is 111 Å². The molecule has 1 N–H and O–H groups in total. The topological polar surface area (TPSA) is 55.1 Å². The number of aliphatic carboxylic acids is 1. The van der Waals surface area contributed by atoms with Crippen LogP contribution in [-0.4, -0.2) is 20.9 Å². The summed E-state index contributed by atoms with van der Waals surface area (Å²) in [6, 6.07) is 8.00. The third-order valence-corrected chi connectivity index (χ3v) is 3.73. The highest BCUT2D eigenvalue weighted by atomic mass is 16.4. The van der Waals surface area contributed by atoms with Crippen molar-refractivity contribution in [3.63, 3.8) is 0 Å². The van der Waals surface area contributed by atoms with Crippen molar-refractivity contribution >= 4 is 5.97 Å². The van der Waals surface area contributed by atoms with E-state index in [1.165, 1.54) is 5.56 Å². The summed E-state index contributed by atoms with van der Waals surface area (Å²) >= 11 is 0. The molecule has 1 unspecified atom stereocenters. The smallest absolute Gasteiger partial charge is 0.312 e. The van der Waals surface area contributed by atoms with Crippen molar-refractivity contribution in [3.8, 4) is 5.69 Å². The lowest BCUT2D eigenvalue weighted by Crippen LogP contribution is -2.20. The minimum absolute atomic E-state index is 0.437. The van der Waals surface area contributed by atoms with Crippen LogP contribution >= 0.6 is 0 Å². The summed E-state index contributed by atoms with van der Waals surface area (Å²) in [7, 11) is 0. The van der Waals surface area contributed by atoms with E-state index in [4.69, 9.17) is 0 Å². The minimum Gasteiger partial charge on any atom is -0.481 e. The number of hydrogen-bond donors (Lipinski definition) is 1.